The largest absolute Gasteiger partial charge is 0.335 e. The number of benzene rings is 1. The topological polar surface area (TPSA) is 112 Å². The highest BCUT2D eigenvalue weighted by Gasteiger charge is 2.30. The number of amides is 4. The summed E-state index contributed by atoms with van der Waals surface area (Å²) in [6, 6.07) is 7.32. The van der Waals surface area contributed by atoms with Gasteiger partial charge in [0.15, 0.2) is 0 Å². The zero-order chi connectivity index (χ0) is 22.1. The molecule has 2 aromatic rings. The summed E-state index contributed by atoms with van der Waals surface area (Å²) < 4.78 is 1.70. The lowest BCUT2D eigenvalue weighted by atomic mass is 10.2. The number of aromatic nitrogens is 2. The molecule has 1 aromatic carbocycles. The van der Waals surface area contributed by atoms with Gasteiger partial charge < -0.3 is 15.5 Å². The molecule has 4 rings (SSSR count). The zero-order valence-electron chi connectivity index (χ0n) is 17.9. The van der Waals surface area contributed by atoms with E-state index in [1.807, 2.05) is 38.1 Å². The minimum absolute atomic E-state index is 0.0305. The van der Waals surface area contributed by atoms with Gasteiger partial charge in [0, 0.05) is 43.7 Å². The minimum atomic E-state index is -0.277. The third-order valence-corrected chi connectivity index (χ3v) is 5.21. The van der Waals surface area contributed by atoms with E-state index in [4.69, 9.17) is 0 Å². The Morgan fingerprint density at radius 3 is 2.42 bits per heavy atom. The number of carbonyl (C=O) groups excluding carboxylic acids is 3. The molecule has 164 valence electrons. The van der Waals surface area contributed by atoms with E-state index in [1.165, 1.54) is 6.92 Å². The summed E-state index contributed by atoms with van der Waals surface area (Å²) in [4.78, 5) is 37.6. The van der Waals surface area contributed by atoms with Gasteiger partial charge in [-0.1, -0.05) is 0 Å². The number of nitrogens with zero attached hydrogens (tertiary/aromatic N) is 4. The Bertz CT molecular complexity index is 1010. The van der Waals surface area contributed by atoms with E-state index in [9.17, 15) is 14.4 Å². The van der Waals surface area contributed by atoms with Crippen LogP contribution in [0.5, 0.6) is 0 Å². The maximum absolute atomic E-state index is 12.0. The lowest BCUT2D eigenvalue weighted by Gasteiger charge is -2.19. The third kappa shape index (κ3) is 4.38. The van der Waals surface area contributed by atoms with Crippen LogP contribution >= 0.6 is 0 Å². The molecule has 1 fully saturated rings. The third-order valence-electron chi connectivity index (χ3n) is 5.21. The molecule has 2 aliphatic heterocycles. The standard InChI is InChI=1S/C21H27N7O3/c1-13(2)22-21(31)25-26-11-17-18(12-26)24-28(20(17)23-14(3)29)16-8-6-15(7-9-16)27-10-4-5-19(27)30/h6-9,13H,4-5,10-12H2,1-3H3,(H,23,29)(H2,22,25,31). The number of fused-ring (bicyclic) bond motifs is 1. The average molecular weight is 425 g/mol. The number of carbonyl (C=O) groups is 3. The van der Waals surface area contributed by atoms with Crippen LogP contribution < -0.4 is 21.0 Å². The van der Waals surface area contributed by atoms with Crippen molar-refractivity contribution < 1.29 is 14.4 Å². The molecule has 31 heavy (non-hydrogen) atoms. The number of anilines is 2. The summed E-state index contributed by atoms with van der Waals surface area (Å²) in [6.07, 6.45) is 1.46. The number of hydrazine groups is 1. The number of urea groups is 1. The van der Waals surface area contributed by atoms with E-state index in [1.54, 1.807) is 14.6 Å². The van der Waals surface area contributed by atoms with Gasteiger partial charge in [0.2, 0.25) is 11.8 Å². The Morgan fingerprint density at radius 1 is 1.10 bits per heavy atom. The van der Waals surface area contributed by atoms with Crippen LogP contribution in [0.25, 0.3) is 5.69 Å². The van der Waals surface area contributed by atoms with Crippen LogP contribution in [0, 0.1) is 0 Å². The van der Waals surface area contributed by atoms with Crippen LogP contribution in [0.2, 0.25) is 0 Å². The van der Waals surface area contributed by atoms with E-state index >= 15 is 0 Å². The Kier molecular flexibility index (Phi) is 5.64. The fraction of sp³-hybridized carbons (Fsp3) is 0.429. The number of rotatable bonds is 5. The molecule has 3 N–H and O–H groups in total. The Morgan fingerprint density at radius 2 is 1.81 bits per heavy atom. The average Bonchev–Trinajstić information content (AvgIpc) is 3.37. The highest BCUT2D eigenvalue weighted by atomic mass is 16.2. The molecule has 4 amide bonds. The highest BCUT2D eigenvalue weighted by Crippen LogP contribution is 2.31. The molecule has 0 saturated carbocycles. The lowest BCUT2D eigenvalue weighted by molar-refractivity contribution is -0.117. The SMILES string of the molecule is CC(=O)Nc1c2c(nn1-c1ccc(N3CCCC3=O)cc1)CN(NC(=O)NC(C)C)C2. The first-order valence-corrected chi connectivity index (χ1v) is 10.4. The molecule has 2 aliphatic rings. The second-order valence-corrected chi connectivity index (χ2v) is 8.13. The Balaban J connectivity index is 1.56. The van der Waals surface area contributed by atoms with Gasteiger partial charge in [-0.15, -0.1) is 0 Å². The van der Waals surface area contributed by atoms with Crippen LogP contribution in [-0.4, -0.2) is 45.2 Å². The molecule has 1 saturated heterocycles. The van der Waals surface area contributed by atoms with Gasteiger partial charge in [-0.25, -0.2) is 14.5 Å². The Labute approximate surface area is 180 Å². The number of nitrogens with one attached hydrogen (secondary N) is 3. The summed E-state index contributed by atoms with van der Waals surface area (Å²) in [5.41, 5.74) is 6.10. The number of hydrogen-bond acceptors (Lipinski definition) is 5. The molecular weight excluding hydrogens is 398 g/mol. The van der Waals surface area contributed by atoms with Crippen LogP contribution in [0.15, 0.2) is 24.3 Å². The monoisotopic (exact) mass is 425 g/mol. The van der Waals surface area contributed by atoms with Crippen LogP contribution in [0.4, 0.5) is 16.3 Å². The van der Waals surface area contributed by atoms with Crippen LogP contribution in [-0.2, 0) is 22.7 Å². The van der Waals surface area contributed by atoms with Crippen LogP contribution in [0.1, 0.15) is 44.9 Å². The van der Waals surface area contributed by atoms with Crippen molar-refractivity contribution in [3.05, 3.63) is 35.5 Å². The predicted molar refractivity (Wildman–Crippen MR) is 116 cm³/mol. The normalized spacial score (nSPS) is 16.0. The van der Waals surface area contributed by atoms with E-state index in [0.29, 0.717) is 25.3 Å². The molecule has 0 bridgehead atoms. The van der Waals surface area contributed by atoms with Gasteiger partial charge in [-0.3, -0.25) is 15.0 Å². The molecule has 0 radical (unpaired) electrons. The molecule has 0 atom stereocenters. The molecule has 3 heterocycles. The Hall–Kier alpha value is -3.40. The van der Waals surface area contributed by atoms with Crippen molar-refractivity contribution in [3.8, 4) is 5.69 Å². The van der Waals surface area contributed by atoms with Crippen LogP contribution in [0.3, 0.4) is 0 Å². The first-order valence-electron chi connectivity index (χ1n) is 10.4. The maximum Gasteiger partial charge on any atom is 0.329 e. The van der Waals surface area contributed by atoms with Crippen molar-refractivity contribution >= 4 is 29.4 Å². The lowest BCUT2D eigenvalue weighted by Crippen LogP contribution is -2.46. The van der Waals surface area contributed by atoms with Gasteiger partial charge >= 0.3 is 6.03 Å². The predicted octanol–water partition coefficient (Wildman–Crippen LogP) is 1.90. The smallest absolute Gasteiger partial charge is 0.329 e. The fourth-order valence-corrected chi connectivity index (χ4v) is 3.91. The summed E-state index contributed by atoms with van der Waals surface area (Å²) in [7, 11) is 0. The second-order valence-electron chi connectivity index (χ2n) is 8.13. The van der Waals surface area contributed by atoms with E-state index in [-0.39, 0.29) is 23.9 Å². The molecule has 0 aliphatic carbocycles. The van der Waals surface area contributed by atoms with Gasteiger partial charge in [-0.2, -0.15) is 5.10 Å². The molecule has 10 nitrogen and oxygen atoms in total. The summed E-state index contributed by atoms with van der Waals surface area (Å²) in [5, 5.41) is 12.1. The second kappa shape index (κ2) is 8.38. The maximum atomic E-state index is 12.0. The van der Waals surface area contributed by atoms with Gasteiger partial charge in [-0.05, 0) is 44.5 Å². The first-order chi connectivity index (χ1) is 14.8. The van der Waals surface area contributed by atoms with E-state index in [0.717, 1.165) is 35.6 Å². The molecule has 0 unspecified atom stereocenters. The summed E-state index contributed by atoms with van der Waals surface area (Å²) in [5.74, 6) is 0.520. The van der Waals surface area contributed by atoms with Gasteiger partial charge in [0.1, 0.15) is 5.82 Å². The van der Waals surface area contributed by atoms with Crippen molar-refractivity contribution in [1.82, 2.24) is 25.5 Å². The molecule has 0 spiro atoms. The quantitative estimate of drug-likeness (QED) is 0.677. The van der Waals surface area contributed by atoms with E-state index in [2.05, 4.69) is 21.2 Å². The highest BCUT2D eigenvalue weighted by molar-refractivity contribution is 5.95. The van der Waals surface area contributed by atoms with Crippen molar-refractivity contribution in [3.63, 3.8) is 0 Å². The van der Waals surface area contributed by atoms with Gasteiger partial charge in [0.25, 0.3) is 0 Å². The molecule has 1 aromatic heterocycles. The zero-order valence-corrected chi connectivity index (χ0v) is 17.9. The summed E-state index contributed by atoms with van der Waals surface area (Å²) in [6.45, 7) is 6.83. The van der Waals surface area contributed by atoms with E-state index < -0.39 is 0 Å². The first kappa shape index (κ1) is 20.9. The molecule has 10 heteroatoms. The fourth-order valence-electron chi connectivity index (χ4n) is 3.91. The van der Waals surface area contributed by atoms with Crippen molar-refractivity contribution in [2.75, 3.05) is 16.8 Å². The number of hydrogen-bond donors (Lipinski definition) is 3. The summed E-state index contributed by atoms with van der Waals surface area (Å²) >= 11 is 0. The van der Waals surface area contributed by atoms with Crippen molar-refractivity contribution in [2.24, 2.45) is 0 Å². The molecular formula is C21H27N7O3. The van der Waals surface area contributed by atoms with Crippen molar-refractivity contribution in [1.29, 1.82) is 0 Å². The van der Waals surface area contributed by atoms with Crippen molar-refractivity contribution in [2.45, 2.75) is 52.7 Å². The minimum Gasteiger partial charge on any atom is -0.335 e. The van der Waals surface area contributed by atoms with Gasteiger partial charge in [0.05, 0.1) is 17.9 Å².